The lowest BCUT2D eigenvalue weighted by Gasteiger charge is -2.14. The molecule has 0 unspecified atom stereocenters. The summed E-state index contributed by atoms with van der Waals surface area (Å²) in [5.74, 6) is -0.0799. The molecule has 1 N–H and O–H groups in total. The third kappa shape index (κ3) is 5.99. The smallest absolute Gasteiger partial charge is 0.338 e. The summed E-state index contributed by atoms with van der Waals surface area (Å²) in [6.07, 6.45) is -0.0253. The van der Waals surface area contributed by atoms with E-state index in [1.807, 2.05) is 32.9 Å². The van der Waals surface area contributed by atoms with Crippen LogP contribution >= 0.6 is 15.9 Å². The summed E-state index contributed by atoms with van der Waals surface area (Å²) in [5, 5.41) is 2.69. The Balaban J connectivity index is 1.96. The Morgan fingerprint density at radius 2 is 1.85 bits per heavy atom. The summed E-state index contributed by atoms with van der Waals surface area (Å²) in [6, 6.07) is 10.1. The Labute approximate surface area is 166 Å². The summed E-state index contributed by atoms with van der Waals surface area (Å²) in [4.78, 5) is 24.2. The fourth-order valence-electron chi connectivity index (χ4n) is 2.28. The van der Waals surface area contributed by atoms with Crippen molar-refractivity contribution >= 4 is 33.5 Å². The van der Waals surface area contributed by atoms with Gasteiger partial charge in [0.05, 0.1) is 18.8 Å². The van der Waals surface area contributed by atoms with E-state index in [1.54, 1.807) is 18.2 Å². The highest BCUT2D eigenvalue weighted by Gasteiger charge is 2.15. The van der Waals surface area contributed by atoms with Crippen molar-refractivity contribution in [2.45, 2.75) is 26.9 Å². The highest BCUT2D eigenvalue weighted by molar-refractivity contribution is 9.10. The van der Waals surface area contributed by atoms with Gasteiger partial charge in [0.2, 0.25) is 0 Å². The molecule has 0 bridgehead atoms. The normalized spacial score (nSPS) is 10.4. The van der Waals surface area contributed by atoms with Crippen LogP contribution in [0.4, 0.5) is 5.69 Å². The predicted molar refractivity (Wildman–Crippen MR) is 107 cm³/mol. The zero-order valence-corrected chi connectivity index (χ0v) is 17.3. The van der Waals surface area contributed by atoms with Crippen LogP contribution < -0.4 is 14.8 Å². The van der Waals surface area contributed by atoms with Crippen molar-refractivity contribution in [1.29, 1.82) is 0 Å². The van der Waals surface area contributed by atoms with Gasteiger partial charge in [0.1, 0.15) is 0 Å². The molecule has 2 aromatic carbocycles. The van der Waals surface area contributed by atoms with Gasteiger partial charge in [0, 0.05) is 10.2 Å². The molecule has 1 amide bonds. The minimum absolute atomic E-state index is 0.0253. The van der Waals surface area contributed by atoms with Gasteiger partial charge in [-0.25, -0.2) is 4.79 Å². The third-order valence-electron chi connectivity index (χ3n) is 3.54. The summed E-state index contributed by atoms with van der Waals surface area (Å²) >= 11 is 3.40. The average Bonchev–Trinajstić information content (AvgIpc) is 2.62. The van der Waals surface area contributed by atoms with E-state index < -0.39 is 11.9 Å². The second-order valence-corrected chi connectivity index (χ2v) is 6.97. The van der Waals surface area contributed by atoms with E-state index in [0.717, 1.165) is 10.0 Å². The first-order chi connectivity index (χ1) is 12.8. The van der Waals surface area contributed by atoms with E-state index in [-0.39, 0.29) is 18.3 Å². The van der Waals surface area contributed by atoms with Crippen molar-refractivity contribution in [2.75, 3.05) is 19.0 Å². The van der Waals surface area contributed by atoms with Gasteiger partial charge in [-0.2, -0.15) is 0 Å². The molecule has 0 aliphatic rings. The highest BCUT2D eigenvalue weighted by Crippen LogP contribution is 2.29. The van der Waals surface area contributed by atoms with E-state index in [2.05, 4.69) is 21.2 Å². The largest absolute Gasteiger partial charge is 0.493 e. The Kier molecular flexibility index (Phi) is 7.24. The Morgan fingerprint density at radius 3 is 2.48 bits per heavy atom. The van der Waals surface area contributed by atoms with Crippen LogP contribution in [0.3, 0.4) is 0 Å². The number of carbonyl (C=O) groups is 2. The number of rotatable bonds is 7. The number of aryl methyl sites for hydroxylation is 1. The predicted octanol–water partition coefficient (Wildman–Crippen LogP) is 4.35. The van der Waals surface area contributed by atoms with Crippen LogP contribution in [0.15, 0.2) is 40.9 Å². The van der Waals surface area contributed by atoms with E-state index >= 15 is 0 Å². The minimum Gasteiger partial charge on any atom is -0.493 e. The Hall–Kier alpha value is -2.54. The molecule has 0 aliphatic heterocycles. The van der Waals surface area contributed by atoms with Crippen molar-refractivity contribution in [2.24, 2.45) is 0 Å². The number of hydrogen-bond acceptors (Lipinski definition) is 5. The fraction of sp³-hybridized carbons (Fsp3) is 0.300. The molecular weight excluding hydrogens is 414 g/mol. The zero-order valence-electron chi connectivity index (χ0n) is 15.7. The molecule has 0 heterocycles. The zero-order chi connectivity index (χ0) is 20.0. The van der Waals surface area contributed by atoms with Crippen LogP contribution in [0.25, 0.3) is 0 Å². The molecule has 0 atom stereocenters. The maximum absolute atomic E-state index is 12.2. The van der Waals surface area contributed by atoms with Gasteiger partial charge in [-0.15, -0.1) is 0 Å². The molecule has 0 saturated heterocycles. The summed E-state index contributed by atoms with van der Waals surface area (Å²) < 4.78 is 16.9. The molecule has 0 radical (unpaired) electrons. The summed E-state index contributed by atoms with van der Waals surface area (Å²) in [5.41, 5.74) is 1.89. The van der Waals surface area contributed by atoms with E-state index in [9.17, 15) is 9.59 Å². The maximum atomic E-state index is 12.2. The molecule has 144 valence electrons. The lowest BCUT2D eigenvalue weighted by Crippen LogP contribution is -2.21. The van der Waals surface area contributed by atoms with Crippen LogP contribution in [0.5, 0.6) is 11.5 Å². The first-order valence-electron chi connectivity index (χ1n) is 8.38. The van der Waals surface area contributed by atoms with E-state index in [4.69, 9.17) is 14.2 Å². The van der Waals surface area contributed by atoms with Crippen LogP contribution in [-0.2, 0) is 9.53 Å². The number of carbonyl (C=O) groups excluding carboxylic acids is 2. The average molecular weight is 436 g/mol. The molecular formula is C20H22BrNO5. The highest BCUT2D eigenvalue weighted by atomic mass is 79.9. The maximum Gasteiger partial charge on any atom is 0.338 e. The van der Waals surface area contributed by atoms with Crippen LogP contribution in [0, 0.1) is 6.92 Å². The Bertz CT molecular complexity index is 835. The molecule has 6 nitrogen and oxygen atoms in total. The SMILES string of the molecule is COc1cc(C(=O)OCC(=O)Nc2ccc(Br)c(C)c2)ccc1OC(C)C. The summed E-state index contributed by atoms with van der Waals surface area (Å²) in [6.45, 7) is 5.32. The molecule has 0 aromatic heterocycles. The number of anilines is 1. The van der Waals surface area contributed by atoms with Crippen molar-refractivity contribution < 1.29 is 23.8 Å². The van der Waals surface area contributed by atoms with Gasteiger partial charge in [-0.3, -0.25) is 4.79 Å². The standard InChI is InChI=1S/C20H22BrNO5/c1-12(2)27-17-8-5-14(10-18(17)25-4)20(24)26-11-19(23)22-15-6-7-16(21)13(3)9-15/h5-10,12H,11H2,1-4H3,(H,22,23). The Morgan fingerprint density at radius 1 is 1.11 bits per heavy atom. The van der Waals surface area contributed by atoms with E-state index in [0.29, 0.717) is 17.2 Å². The van der Waals surface area contributed by atoms with Crippen LogP contribution in [0.1, 0.15) is 29.8 Å². The molecule has 2 aromatic rings. The summed E-state index contributed by atoms with van der Waals surface area (Å²) in [7, 11) is 1.49. The number of methoxy groups -OCH3 is 1. The molecule has 2 rings (SSSR count). The number of ether oxygens (including phenoxy) is 3. The quantitative estimate of drug-likeness (QED) is 0.654. The molecule has 0 fully saturated rings. The molecule has 27 heavy (non-hydrogen) atoms. The second kappa shape index (κ2) is 9.41. The lowest BCUT2D eigenvalue weighted by atomic mass is 10.2. The first kappa shape index (κ1) is 20.8. The number of benzene rings is 2. The molecule has 0 saturated carbocycles. The van der Waals surface area contributed by atoms with E-state index in [1.165, 1.54) is 13.2 Å². The van der Waals surface area contributed by atoms with Gasteiger partial charge in [0.25, 0.3) is 5.91 Å². The van der Waals surface area contributed by atoms with Gasteiger partial charge >= 0.3 is 5.97 Å². The van der Waals surface area contributed by atoms with Gasteiger partial charge < -0.3 is 19.5 Å². The number of esters is 1. The van der Waals surface area contributed by atoms with Crippen molar-refractivity contribution in [3.05, 3.63) is 52.0 Å². The van der Waals surface area contributed by atoms with Crippen LogP contribution in [0.2, 0.25) is 0 Å². The topological polar surface area (TPSA) is 73.9 Å². The van der Waals surface area contributed by atoms with Gasteiger partial charge in [0.15, 0.2) is 18.1 Å². The molecule has 7 heteroatoms. The monoisotopic (exact) mass is 435 g/mol. The van der Waals surface area contributed by atoms with Crippen molar-refractivity contribution in [3.8, 4) is 11.5 Å². The van der Waals surface area contributed by atoms with Crippen LogP contribution in [-0.4, -0.2) is 31.7 Å². The molecule has 0 spiro atoms. The van der Waals surface area contributed by atoms with Crippen molar-refractivity contribution in [3.63, 3.8) is 0 Å². The lowest BCUT2D eigenvalue weighted by molar-refractivity contribution is -0.119. The fourth-order valence-corrected chi connectivity index (χ4v) is 2.53. The number of hydrogen-bond donors (Lipinski definition) is 1. The number of halogens is 1. The van der Waals surface area contributed by atoms with Gasteiger partial charge in [-0.1, -0.05) is 15.9 Å². The first-order valence-corrected chi connectivity index (χ1v) is 9.17. The van der Waals surface area contributed by atoms with Gasteiger partial charge in [-0.05, 0) is 62.7 Å². The number of nitrogens with one attached hydrogen (secondary N) is 1. The third-order valence-corrected chi connectivity index (χ3v) is 4.43. The van der Waals surface area contributed by atoms with Crippen molar-refractivity contribution in [1.82, 2.24) is 0 Å². The molecule has 0 aliphatic carbocycles. The minimum atomic E-state index is -0.619. The second-order valence-electron chi connectivity index (χ2n) is 6.12. The number of amides is 1.